The minimum Gasteiger partial charge on any atom is -0.384 e. The molecular formula is C22H34N2O3. The van der Waals surface area contributed by atoms with Gasteiger partial charge in [-0.3, -0.25) is 4.79 Å². The van der Waals surface area contributed by atoms with Crippen LogP contribution in [0.25, 0.3) is 0 Å². The Morgan fingerprint density at radius 2 is 1.78 bits per heavy atom. The van der Waals surface area contributed by atoms with E-state index in [1.54, 1.807) is 14.2 Å². The minimum absolute atomic E-state index is 0.175. The SMILES string of the molecule is COCCN1CC(COC)C2(CCN(C(=O)c3cc(C)cc(C)c3)CC2)C1. The number of piperidine rings is 1. The van der Waals surface area contributed by atoms with Crippen LogP contribution in [0.1, 0.15) is 34.3 Å². The van der Waals surface area contributed by atoms with Crippen molar-refractivity contribution in [1.29, 1.82) is 0 Å². The molecule has 27 heavy (non-hydrogen) atoms. The smallest absolute Gasteiger partial charge is 0.253 e. The molecule has 2 saturated heterocycles. The molecule has 2 fully saturated rings. The van der Waals surface area contributed by atoms with Crippen molar-refractivity contribution in [2.75, 3.05) is 60.2 Å². The summed E-state index contributed by atoms with van der Waals surface area (Å²) in [5, 5.41) is 0. The van der Waals surface area contributed by atoms with Crippen LogP contribution < -0.4 is 0 Å². The van der Waals surface area contributed by atoms with Gasteiger partial charge < -0.3 is 19.3 Å². The van der Waals surface area contributed by atoms with E-state index in [2.05, 4.69) is 24.8 Å². The number of methoxy groups -OCH3 is 2. The van der Waals surface area contributed by atoms with Gasteiger partial charge >= 0.3 is 0 Å². The number of likely N-dealkylation sites (tertiary alicyclic amines) is 2. The summed E-state index contributed by atoms with van der Waals surface area (Å²) in [4.78, 5) is 17.5. The lowest BCUT2D eigenvalue weighted by Crippen LogP contribution is -2.47. The monoisotopic (exact) mass is 374 g/mol. The van der Waals surface area contributed by atoms with Crippen molar-refractivity contribution in [3.05, 3.63) is 34.9 Å². The minimum atomic E-state index is 0.175. The number of hydrogen-bond donors (Lipinski definition) is 0. The van der Waals surface area contributed by atoms with E-state index >= 15 is 0 Å². The Morgan fingerprint density at radius 3 is 2.37 bits per heavy atom. The van der Waals surface area contributed by atoms with Gasteiger partial charge in [0.2, 0.25) is 0 Å². The van der Waals surface area contributed by atoms with E-state index in [1.807, 2.05) is 17.0 Å². The maximum atomic E-state index is 13.0. The van der Waals surface area contributed by atoms with Gasteiger partial charge in [-0.05, 0) is 44.2 Å². The standard InChI is InChI=1S/C22H34N2O3/c1-17-11-18(2)13-19(12-17)21(25)24-7-5-22(6-8-24)16-23(9-10-26-3)14-20(22)15-27-4/h11-13,20H,5-10,14-16H2,1-4H3. The van der Waals surface area contributed by atoms with E-state index in [0.29, 0.717) is 5.92 Å². The third-order valence-electron chi connectivity index (χ3n) is 6.38. The average molecular weight is 375 g/mol. The van der Waals surface area contributed by atoms with Crippen molar-refractivity contribution in [2.45, 2.75) is 26.7 Å². The van der Waals surface area contributed by atoms with E-state index in [4.69, 9.17) is 9.47 Å². The van der Waals surface area contributed by atoms with Crippen LogP contribution in [0.5, 0.6) is 0 Å². The Kier molecular flexibility index (Phi) is 6.56. The van der Waals surface area contributed by atoms with Crippen LogP contribution in [-0.2, 0) is 9.47 Å². The highest BCUT2D eigenvalue weighted by Gasteiger charge is 2.48. The first kappa shape index (κ1) is 20.3. The zero-order valence-corrected chi connectivity index (χ0v) is 17.3. The lowest BCUT2D eigenvalue weighted by atomic mass is 9.71. The van der Waals surface area contributed by atoms with Gasteiger partial charge in [0.05, 0.1) is 13.2 Å². The lowest BCUT2D eigenvalue weighted by molar-refractivity contribution is 0.0321. The number of benzene rings is 1. The fraction of sp³-hybridized carbons (Fsp3) is 0.682. The Bertz CT molecular complexity index is 633. The van der Waals surface area contributed by atoms with Crippen molar-refractivity contribution in [3.8, 4) is 0 Å². The van der Waals surface area contributed by atoms with E-state index in [0.717, 1.165) is 75.5 Å². The van der Waals surface area contributed by atoms with Crippen molar-refractivity contribution >= 4 is 5.91 Å². The first-order valence-corrected chi connectivity index (χ1v) is 10.1. The van der Waals surface area contributed by atoms with Crippen molar-refractivity contribution in [3.63, 3.8) is 0 Å². The molecule has 1 amide bonds. The van der Waals surface area contributed by atoms with Crippen LogP contribution in [0.4, 0.5) is 0 Å². The van der Waals surface area contributed by atoms with Crippen molar-refractivity contribution in [1.82, 2.24) is 9.80 Å². The maximum Gasteiger partial charge on any atom is 0.253 e. The van der Waals surface area contributed by atoms with Gasteiger partial charge in [0, 0.05) is 58.4 Å². The van der Waals surface area contributed by atoms with Crippen LogP contribution in [0.3, 0.4) is 0 Å². The summed E-state index contributed by atoms with van der Waals surface area (Å²) in [7, 11) is 3.56. The molecule has 0 saturated carbocycles. The fourth-order valence-corrected chi connectivity index (χ4v) is 4.97. The van der Waals surface area contributed by atoms with Crippen molar-refractivity contribution in [2.24, 2.45) is 11.3 Å². The average Bonchev–Trinajstić information content (AvgIpc) is 2.96. The lowest BCUT2D eigenvalue weighted by Gasteiger charge is -2.42. The van der Waals surface area contributed by atoms with Gasteiger partial charge in [-0.15, -0.1) is 0 Å². The topological polar surface area (TPSA) is 42.0 Å². The van der Waals surface area contributed by atoms with Gasteiger partial charge in [-0.1, -0.05) is 17.2 Å². The number of hydrogen-bond acceptors (Lipinski definition) is 4. The van der Waals surface area contributed by atoms with Crippen LogP contribution in [0.15, 0.2) is 18.2 Å². The Hall–Kier alpha value is -1.43. The number of carbonyl (C=O) groups is 1. The second-order valence-electron chi connectivity index (χ2n) is 8.41. The predicted octanol–water partition coefficient (Wildman–Crippen LogP) is 2.75. The highest BCUT2D eigenvalue weighted by molar-refractivity contribution is 5.94. The second kappa shape index (κ2) is 8.72. The zero-order valence-electron chi connectivity index (χ0n) is 17.3. The molecule has 1 spiro atoms. The molecule has 0 aromatic heterocycles. The molecule has 2 aliphatic heterocycles. The molecule has 1 aromatic rings. The molecule has 150 valence electrons. The molecule has 2 heterocycles. The third-order valence-corrected chi connectivity index (χ3v) is 6.38. The molecule has 5 heteroatoms. The molecule has 1 unspecified atom stereocenters. The summed E-state index contributed by atoms with van der Waals surface area (Å²) in [6, 6.07) is 6.13. The fourth-order valence-electron chi connectivity index (χ4n) is 4.97. The van der Waals surface area contributed by atoms with E-state index in [-0.39, 0.29) is 11.3 Å². The number of carbonyl (C=O) groups excluding carboxylic acids is 1. The maximum absolute atomic E-state index is 13.0. The summed E-state index contributed by atoms with van der Waals surface area (Å²) in [5.41, 5.74) is 3.39. The second-order valence-corrected chi connectivity index (χ2v) is 8.41. The summed E-state index contributed by atoms with van der Waals surface area (Å²) in [6.07, 6.45) is 2.11. The van der Waals surface area contributed by atoms with Crippen LogP contribution in [0.2, 0.25) is 0 Å². The molecule has 0 N–H and O–H groups in total. The van der Waals surface area contributed by atoms with Gasteiger partial charge in [0.15, 0.2) is 0 Å². The number of amides is 1. The predicted molar refractivity (Wildman–Crippen MR) is 107 cm³/mol. The summed E-state index contributed by atoms with van der Waals surface area (Å²) >= 11 is 0. The van der Waals surface area contributed by atoms with Gasteiger partial charge in [0.1, 0.15) is 0 Å². The largest absolute Gasteiger partial charge is 0.384 e. The molecule has 0 radical (unpaired) electrons. The van der Waals surface area contributed by atoms with Crippen LogP contribution >= 0.6 is 0 Å². The summed E-state index contributed by atoms with van der Waals surface area (Å²) < 4.78 is 10.8. The first-order chi connectivity index (χ1) is 13.0. The molecule has 0 bridgehead atoms. The highest BCUT2D eigenvalue weighted by Crippen LogP contribution is 2.45. The normalized spacial score (nSPS) is 22.5. The van der Waals surface area contributed by atoms with Crippen LogP contribution in [0, 0.1) is 25.2 Å². The molecule has 3 rings (SSSR count). The number of ether oxygens (including phenoxy) is 2. The molecule has 0 aliphatic carbocycles. The highest BCUT2D eigenvalue weighted by atomic mass is 16.5. The Balaban J connectivity index is 1.66. The summed E-state index contributed by atoms with van der Waals surface area (Å²) in [6.45, 7) is 10.5. The van der Waals surface area contributed by atoms with Crippen LogP contribution in [-0.4, -0.2) is 75.9 Å². The molecule has 5 nitrogen and oxygen atoms in total. The third kappa shape index (κ3) is 4.53. The first-order valence-electron chi connectivity index (χ1n) is 10.1. The van der Waals surface area contributed by atoms with E-state index in [9.17, 15) is 4.79 Å². The molecule has 1 aromatic carbocycles. The van der Waals surface area contributed by atoms with Gasteiger partial charge in [0.25, 0.3) is 5.91 Å². The quantitative estimate of drug-likeness (QED) is 0.768. The molecule has 2 aliphatic rings. The number of rotatable bonds is 6. The number of nitrogens with zero attached hydrogens (tertiary/aromatic N) is 2. The van der Waals surface area contributed by atoms with Gasteiger partial charge in [-0.25, -0.2) is 0 Å². The summed E-state index contributed by atoms with van der Waals surface area (Å²) in [5.74, 6) is 0.715. The van der Waals surface area contributed by atoms with Crippen molar-refractivity contribution < 1.29 is 14.3 Å². The Labute approximate surface area is 163 Å². The zero-order chi connectivity index (χ0) is 19.4. The molecule has 1 atom stereocenters. The molecular weight excluding hydrogens is 340 g/mol. The Morgan fingerprint density at radius 1 is 1.11 bits per heavy atom. The van der Waals surface area contributed by atoms with E-state index in [1.165, 1.54) is 0 Å². The van der Waals surface area contributed by atoms with E-state index < -0.39 is 0 Å². The van der Waals surface area contributed by atoms with Gasteiger partial charge in [-0.2, -0.15) is 0 Å². The number of aryl methyl sites for hydroxylation is 2.